The second-order valence-corrected chi connectivity index (χ2v) is 8.99. The Morgan fingerprint density at radius 1 is 1.10 bits per heavy atom. The summed E-state index contributed by atoms with van der Waals surface area (Å²) in [7, 11) is -2.40. The Balaban J connectivity index is 1.77. The van der Waals surface area contributed by atoms with Crippen molar-refractivity contribution in [3.05, 3.63) is 58.8 Å². The SMILES string of the molecule is COc1ccc(-c2onc(C)c2C)cc1S(=O)(=O)Nc1cccc2c1CCCC2. The molecule has 1 aliphatic carbocycles. The van der Waals surface area contributed by atoms with E-state index in [9.17, 15) is 8.42 Å². The lowest BCUT2D eigenvalue weighted by Crippen LogP contribution is -2.17. The summed E-state index contributed by atoms with van der Waals surface area (Å²) in [5.74, 6) is 0.832. The standard InChI is InChI=1S/C22H24N2O4S/c1-14-15(2)23-28-22(14)17-11-12-20(27-3)21(13-17)29(25,26)24-19-10-6-8-16-7-4-5-9-18(16)19/h6,8,10-13,24H,4-5,7,9H2,1-3H3. The predicted molar refractivity (Wildman–Crippen MR) is 112 cm³/mol. The van der Waals surface area contributed by atoms with Gasteiger partial charge in [-0.3, -0.25) is 4.72 Å². The maximum Gasteiger partial charge on any atom is 0.265 e. The Kier molecular flexibility index (Phi) is 5.08. The average Bonchev–Trinajstić information content (AvgIpc) is 3.06. The summed E-state index contributed by atoms with van der Waals surface area (Å²) in [5, 5.41) is 3.97. The van der Waals surface area contributed by atoms with Crippen LogP contribution in [0, 0.1) is 13.8 Å². The van der Waals surface area contributed by atoms with Crippen LogP contribution in [-0.2, 0) is 22.9 Å². The molecule has 2 aromatic carbocycles. The zero-order valence-electron chi connectivity index (χ0n) is 16.8. The van der Waals surface area contributed by atoms with Gasteiger partial charge >= 0.3 is 0 Å². The third-order valence-electron chi connectivity index (χ3n) is 5.51. The number of nitrogens with one attached hydrogen (secondary N) is 1. The van der Waals surface area contributed by atoms with E-state index in [-0.39, 0.29) is 10.6 Å². The molecule has 0 saturated carbocycles. The number of hydrogen-bond donors (Lipinski definition) is 1. The van der Waals surface area contributed by atoms with E-state index < -0.39 is 10.0 Å². The first kappa shape index (κ1) is 19.5. The average molecular weight is 413 g/mol. The van der Waals surface area contributed by atoms with Crippen LogP contribution >= 0.6 is 0 Å². The summed E-state index contributed by atoms with van der Waals surface area (Å²) in [6.07, 6.45) is 4.05. The van der Waals surface area contributed by atoms with Gasteiger partial charge in [0.2, 0.25) is 0 Å². The summed E-state index contributed by atoms with van der Waals surface area (Å²) in [4.78, 5) is 0.0689. The van der Waals surface area contributed by atoms with E-state index in [1.807, 2.05) is 26.0 Å². The Morgan fingerprint density at radius 3 is 2.62 bits per heavy atom. The van der Waals surface area contributed by atoms with Gasteiger partial charge in [-0.05, 0) is 74.9 Å². The monoisotopic (exact) mass is 412 g/mol. The summed E-state index contributed by atoms with van der Waals surface area (Å²) < 4.78 is 40.1. The zero-order chi connectivity index (χ0) is 20.6. The normalized spacial score (nSPS) is 13.8. The fourth-order valence-electron chi connectivity index (χ4n) is 3.79. The van der Waals surface area contributed by atoms with Crippen molar-refractivity contribution >= 4 is 15.7 Å². The number of aromatic nitrogens is 1. The number of ether oxygens (including phenoxy) is 1. The van der Waals surface area contributed by atoms with Gasteiger partial charge in [-0.1, -0.05) is 17.3 Å². The quantitative estimate of drug-likeness (QED) is 0.660. The van der Waals surface area contributed by atoms with Crippen molar-refractivity contribution in [2.45, 2.75) is 44.4 Å². The fraction of sp³-hybridized carbons (Fsp3) is 0.318. The summed E-state index contributed by atoms with van der Waals surface area (Å²) in [6.45, 7) is 3.75. The van der Waals surface area contributed by atoms with Crippen LogP contribution in [0.1, 0.15) is 35.2 Å². The van der Waals surface area contributed by atoms with E-state index in [2.05, 4.69) is 15.9 Å². The van der Waals surface area contributed by atoms with E-state index >= 15 is 0 Å². The van der Waals surface area contributed by atoms with Crippen LogP contribution in [0.4, 0.5) is 5.69 Å². The smallest absolute Gasteiger partial charge is 0.265 e. The van der Waals surface area contributed by atoms with E-state index in [0.717, 1.165) is 42.5 Å². The van der Waals surface area contributed by atoms with Crippen LogP contribution < -0.4 is 9.46 Å². The largest absolute Gasteiger partial charge is 0.495 e. The van der Waals surface area contributed by atoms with Gasteiger partial charge in [0, 0.05) is 11.1 Å². The lowest BCUT2D eigenvalue weighted by atomic mass is 9.91. The van der Waals surface area contributed by atoms with Crippen molar-refractivity contribution in [1.82, 2.24) is 5.16 Å². The molecule has 0 bridgehead atoms. The van der Waals surface area contributed by atoms with Gasteiger partial charge in [0.25, 0.3) is 10.0 Å². The summed E-state index contributed by atoms with van der Waals surface area (Å²) >= 11 is 0. The molecule has 1 aromatic heterocycles. The minimum Gasteiger partial charge on any atom is -0.495 e. The van der Waals surface area contributed by atoms with Crippen molar-refractivity contribution in [3.63, 3.8) is 0 Å². The lowest BCUT2D eigenvalue weighted by Gasteiger charge is -2.20. The summed E-state index contributed by atoms with van der Waals surface area (Å²) in [5.41, 5.74) is 5.22. The van der Waals surface area contributed by atoms with Gasteiger partial charge in [0.15, 0.2) is 5.76 Å². The minimum absolute atomic E-state index is 0.0689. The first-order valence-corrected chi connectivity index (χ1v) is 11.1. The Hall–Kier alpha value is -2.80. The Morgan fingerprint density at radius 2 is 1.90 bits per heavy atom. The molecule has 4 rings (SSSR count). The maximum absolute atomic E-state index is 13.3. The highest BCUT2D eigenvalue weighted by Crippen LogP contribution is 2.35. The molecule has 0 unspecified atom stereocenters. The molecule has 0 spiro atoms. The van der Waals surface area contributed by atoms with Crippen LogP contribution in [-0.4, -0.2) is 20.7 Å². The molecule has 0 aliphatic heterocycles. The van der Waals surface area contributed by atoms with Crippen molar-refractivity contribution < 1.29 is 17.7 Å². The second-order valence-electron chi connectivity index (χ2n) is 7.34. The highest BCUT2D eigenvalue weighted by atomic mass is 32.2. The van der Waals surface area contributed by atoms with Crippen molar-refractivity contribution in [2.75, 3.05) is 11.8 Å². The molecule has 0 amide bonds. The van der Waals surface area contributed by atoms with Gasteiger partial charge in [-0.15, -0.1) is 0 Å². The fourth-order valence-corrected chi connectivity index (χ4v) is 5.08. The zero-order valence-corrected chi connectivity index (χ0v) is 17.6. The summed E-state index contributed by atoms with van der Waals surface area (Å²) in [6, 6.07) is 10.8. The van der Waals surface area contributed by atoms with Crippen molar-refractivity contribution in [2.24, 2.45) is 0 Å². The molecule has 0 saturated heterocycles. The van der Waals surface area contributed by atoms with E-state index in [1.54, 1.807) is 18.2 Å². The first-order valence-electron chi connectivity index (χ1n) is 9.65. The molecule has 6 nitrogen and oxygen atoms in total. The third-order valence-corrected chi connectivity index (χ3v) is 6.90. The van der Waals surface area contributed by atoms with E-state index in [4.69, 9.17) is 9.26 Å². The van der Waals surface area contributed by atoms with Gasteiger partial charge in [0.05, 0.1) is 18.5 Å². The van der Waals surface area contributed by atoms with Crippen LogP contribution in [0.3, 0.4) is 0 Å². The molecule has 7 heteroatoms. The molecule has 0 radical (unpaired) electrons. The Labute approximate surface area is 170 Å². The first-order chi connectivity index (χ1) is 13.9. The number of benzene rings is 2. The number of nitrogens with zero attached hydrogens (tertiary/aromatic N) is 1. The van der Waals surface area contributed by atoms with Crippen molar-refractivity contribution in [1.29, 1.82) is 0 Å². The number of fused-ring (bicyclic) bond motifs is 1. The van der Waals surface area contributed by atoms with Gasteiger partial charge < -0.3 is 9.26 Å². The number of sulfonamides is 1. The van der Waals surface area contributed by atoms with Gasteiger partial charge in [-0.25, -0.2) is 8.42 Å². The number of anilines is 1. The van der Waals surface area contributed by atoms with Crippen LogP contribution in [0.25, 0.3) is 11.3 Å². The molecular formula is C22H24N2O4S. The number of methoxy groups -OCH3 is 1. The maximum atomic E-state index is 13.3. The predicted octanol–water partition coefficient (Wildman–Crippen LogP) is 4.65. The molecule has 1 N–H and O–H groups in total. The van der Waals surface area contributed by atoms with Gasteiger partial charge in [0.1, 0.15) is 10.6 Å². The Bertz CT molecular complexity index is 1170. The van der Waals surface area contributed by atoms with E-state index in [1.165, 1.54) is 12.7 Å². The van der Waals surface area contributed by atoms with Gasteiger partial charge in [-0.2, -0.15) is 0 Å². The molecule has 152 valence electrons. The number of rotatable bonds is 5. The molecule has 1 heterocycles. The minimum atomic E-state index is -3.86. The third kappa shape index (κ3) is 3.62. The van der Waals surface area contributed by atoms with Crippen LogP contribution in [0.2, 0.25) is 0 Å². The molecular weight excluding hydrogens is 388 g/mol. The van der Waals surface area contributed by atoms with Crippen LogP contribution in [0.15, 0.2) is 45.8 Å². The van der Waals surface area contributed by atoms with Crippen LogP contribution in [0.5, 0.6) is 5.75 Å². The highest BCUT2D eigenvalue weighted by molar-refractivity contribution is 7.92. The molecule has 0 atom stereocenters. The molecule has 1 aliphatic rings. The highest BCUT2D eigenvalue weighted by Gasteiger charge is 2.24. The van der Waals surface area contributed by atoms with Crippen molar-refractivity contribution in [3.8, 4) is 17.1 Å². The topological polar surface area (TPSA) is 81.4 Å². The number of aryl methyl sites for hydroxylation is 2. The number of hydrogen-bond acceptors (Lipinski definition) is 5. The van der Waals surface area contributed by atoms with E-state index in [0.29, 0.717) is 17.0 Å². The second kappa shape index (κ2) is 7.55. The lowest BCUT2D eigenvalue weighted by molar-refractivity contribution is 0.402. The molecule has 3 aromatic rings. The molecule has 0 fully saturated rings. The molecule has 29 heavy (non-hydrogen) atoms.